The van der Waals surface area contributed by atoms with Crippen LogP contribution >= 0.6 is 0 Å². The lowest BCUT2D eigenvalue weighted by atomic mass is 10.1. The number of benzene rings is 2. The third kappa shape index (κ3) is 6.06. The van der Waals surface area contributed by atoms with Crippen molar-refractivity contribution in [2.24, 2.45) is 0 Å². The fourth-order valence-electron chi connectivity index (χ4n) is 3.72. The summed E-state index contributed by atoms with van der Waals surface area (Å²) in [6, 6.07) is 10.6. The highest BCUT2D eigenvalue weighted by Crippen LogP contribution is 2.33. The number of nitrogens with zero attached hydrogens (tertiary/aromatic N) is 1. The van der Waals surface area contributed by atoms with Crippen LogP contribution in [0.25, 0.3) is 6.08 Å². The number of hydrogen-bond donors (Lipinski definition) is 0. The van der Waals surface area contributed by atoms with Gasteiger partial charge in [0.25, 0.3) is 5.91 Å². The molecular weight excluding hydrogens is 422 g/mol. The van der Waals surface area contributed by atoms with Crippen molar-refractivity contribution in [3.8, 4) is 23.0 Å². The Balaban J connectivity index is 1.70. The van der Waals surface area contributed by atoms with E-state index in [2.05, 4.69) is 0 Å². The fraction of sp³-hybridized carbons (Fsp3) is 0.385. The highest BCUT2D eigenvalue weighted by molar-refractivity contribution is 6.07. The minimum absolute atomic E-state index is 0.0752. The summed E-state index contributed by atoms with van der Waals surface area (Å²) in [5, 5.41) is 0. The van der Waals surface area contributed by atoms with Crippen LogP contribution in [0.5, 0.6) is 23.0 Å². The maximum atomic E-state index is 12.6. The van der Waals surface area contributed by atoms with Gasteiger partial charge in [0, 0.05) is 17.6 Å². The second-order valence-corrected chi connectivity index (χ2v) is 8.18. The van der Waals surface area contributed by atoms with E-state index >= 15 is 0 Å². The summed E-state index contributed by atoms with van der Waals surface area (Å²) in [7, 11) is 0. The lowest BCUT2D eigenvalue weighted by molar-refractivity contribution is -0.137. The molecule has 0 N–H and O–H groups in total. The molecule has 7 nitrogen and oxygen atoms in total. The molecular formula is C26H31NO6. The first-order chi connectivity index (χ1) is 15.8. The van der Waals surface area contributed by atoms with Gasteiger partial charge in [0.15, 0.2) is 35.4 Å². The van der Waals surface area contributed by atoms with E-state index in [1.165, 1.54) is 6.08 Å². The van der Waals surface area contributed by atoms with E-state index < -0.39 is 0 Å². The van der Waals surface area contributed by atoms with Crippen molar-refractivity contribution in [3.05, 3.63) is 53.6 Å². The van der Waals surface area contributed by atoms with Gasteiger partial charge in [0.2, 0.25) is 6.79 Å². The Kier molecular flexibility index (Phi) is 7.98. The standard InChI is InChI=1S/C26H31NO6/c1-6-30-24-13-19(7-10-21(28)20-9-12-23-25(14-20)33-16-32-23)8-11-22(24)31-15-26(29)27(17(2)3)18(4)5/h7-14,17-18H,6,15-16H2,1-5H3/b10-7+. The molecule has 1 aliphatic heterocycles. The molecule has 176 valence electrons. The zero-order valence-corrected chi connectivity index (χ0v) is 19.8. The monoisotopic (exact) mass is 453 g/mol. The first-order valence-corrected chi connectivity index (χ1v) is 11.1. The van der Waals surface area contributed by atoms with Gasteiger partial charge in [-0.15, -0.1) is 0 Å². The van der Waals surface area contributed by atoms with Crippen LogP contribution in [0.4, 0.5) is 0 Å². The molecule has 0 unspecified atom stereocenters. The molecule has 0 spiro atoms. The molecule has 0 radical (unpaired) electrons. The molecule has 0 bridgehead atoms. The van der Waals surface area contributed by atoms with Crippen LogP contribution in [0.2, 0.25) is 0 Å². The maximum absolute atomic E-state index is 12.6. The van der Waals surface area contributed by atoms with Gasteiger partial charge in [0.05, 0.1) is 6.61 Å². The zero-order valence-electron chi connectivity index (χ0n) is 19.8. The van der Waals surface area contributed by atoms with Crippen molar-refractivity contribution in [2.75, 3.05) is 20.0 Å². The summed E-state index contributed by atoms with van der Waals surface area (Å²) in [6.07, 6.45) is 3.21. The van der Waals surface area contributed by atoms with Gasteiger partial charge in [-0.05, 0) is 76.6 Å². The lowest BCUT2D eigenvalue weighted by Gasteiger charge is -2.30. The van der Waals surface area contributed by atoms with Crippen LogP contribution in [0.1, 0.15) is 50.5 Å². The van der Waals surface area contributed by atoms with E-state index in [4.69, 9.17) is 18.9 Å². The molecule has 2 aromatic carbocycles. The molecule has 2 aromatic rings. The van der Waals surface area contributed by atoms with Gasteiger partial charge in [0.1, 0.15) is 0 Å². The topological polar surface area (TPSA) is 74.3 Å². The molecule has 7 heteroatoms. The molecule has 33 heavy (non-hydrogen) atoms. The van der Waals surface area contributed by atoms with Gasteiger partial charge in [-0.2, -0.15) is 0 Å². The van der Waals surface area contributed by atoms with Gasteiger partial charge in [-0.1, -0.05) is 12.1 Å². The summed E-state index contributed by atoms with van der Waals surface area (Å²) in [5.74, 6) is 1.97. The number of amides is 1. The summed E-state index contributed by atoms with van der Waals surface area (Å²) >= 11 is 0. The van der Waals surface area contributed by atoms with Crippen LogP contribution in [-0.2, 0) is 4.79 Å². The Hall–Kier alpha value is -3.48. The maximum Gasteiger partial charge on any atom is 0.260 e. The van der Waals surface area contributed by atoms with E-state index in [1.807, 2.05) is 40.7 Å². The SMILES string of the molecule is CCOc1cc(/C=C/C(=O)c2ccc3c(c2)OCO3)ccc1OCC(=O)N(C(C)C)C(C)C. The smallest absolute Gasteiger partial charge is 0.260 e. The van der Waals surface area contributed by atoms with Crippen LogP contribution in [0.3, 0.4) is 0 Å². The van der Waals surface area contributed by atoms with Crippen LogP contribution < -0.4 is 18.9 Å². The number of allylic oxidation sites excluding steroid dienone is 1. The summed E-state index contributed by atoms with van der Waals surface area (Å²) in [4.78, 5) is 27.0. The average molecular weight is 454 g/mol. The van der Waals surface area contributed by atoms with Crippen molar-refractivity contribution < 1.29 is 28.5 Å². The Morgan fingerprint density at radius 1 is 0.970 bits per heavy atom. The Labute approximate surface area is 194 Å². The number of carbonyl (C=O) groups excluding carboxylic acids is 2. The Morgan fingerprint density at radius 3 is 2.39 bits per heavy atom. The minimum atomic E-state index is -0.153. The normalized spacial score (nSPS) is 12.5. The first-order valence-electron chi connectivity index (χ1n) is 11.1. The molecule has 0 saturated carbocycles. The fourth-order valence-corrected chi connectivity index (χ4v) is 3.72. The molecule has 1 heterocycles. The largest absolute Gasteiger partial charge is 0.490 e. The third-order valence-electron chi connectivity index (χ3n) is 5.10. The van der Waals surface area contributed by atoms with Crippen LogP contribution in [0, 0.1) is 0 Å². The van der Waals surface area contributed by atoms with Crippen LogP contribution in [-0.4, -0.2) is 48.7 Å². The van der Waals surface area contributed by atoms with Crippen LogP contribution in [0.15, 0.2) is 42.5 Å². The van der Waals surface area contributed by atoms with Crippen molar-refractivity contribution in [1.29, 1.82) is 0 Å². The van der Waals surface area contributed by atoms with Crippen molar-refractivity contribution in [3.63, 3.8) is 0 Å². The first kappa shape index (κ1) is 24.2. The summed E-state index contributed by atoms with van der Waals surface area (Å²) in [5.41, 5.74) is 1.29. The van der Waals surface area contributed by atoms with Crippen molar-refractivity contribution >= 4 is 17.8 Å². The van der Waals surface area contributed by atoms with E-state index in [9.17, 15) is 9.59 Å². The zero-order chi connectivity index (χ0) is 24.0. The predicted molar refractivity (Wildman–Crippen MR) is 126 cm³/mol. The number of hydrogen-bond acceptors (Lipinski definition) is 6. The number of fused-ring (bicyclic) bond motifs is 1. The Morgan fingerprint density at radius 2 is 1.70 bits per heavy atom. The Bertz CT molecular complexity index is 1020. The van der Waals surface area contributed by atoms with Gasteiger partial charge < -0.3 is 23.8 Å². The molecule has 0 aromatic heterocycles. The highest BCUT2D eigenvalue weighted by atomic mass is 16.7. The summed E-state index contributed by atoms with van der Waals surface area (Å²) in [6.45, 7) is 10.3. The van der Waals surface area contributed by atoms with Gasteiger partial charge in [-0.25, -0.2) is 0 Å². The molecule has 3 rings (SSSR count). The number of ketones is 1. The molecule has 0 fully saturated rings. The molecule has 0 aliphatic carbocycles. The highest BCUT2D eigenvalue weighted by Gasteiger charge is 2.21. The molecule has 0 saturated heterocycles. The second-order valence-electron chi connectivity index (χ2n) is 8.18. The molecule has 0 atom stereocenters. The van der Waals surface area contributed by atoms with E-state index in [0.717, 1.165) is 5.56 Å². The molecule has 1 amide bonds. The van der Waals surface area contributed by atoms with Crippen molar-refractivity contribution in [1.82, 2.24) is 4.90 Å². The van der Waals surface area contributed by atoms with E-state index in [1.54, 1.807) is 41.3 Å². The number of carbonyl (C=O) groups is 2. The third-order valence-corrected chi connectivity index (χ3v) is 5.10. The average Bonchev–Trinajstić information content (AvgIpc) is 3.24. The van der Waals surface area contributed by atoms with E-state index in [0.29, 0.717) is 35.2 Å². The second kappa shape index (κ2) is 10.9. The minimum Gasteiger partial charge on any atom is -0.490 e. The van der Waals surface area contributed by atoms with E-state index in [-0.39, 0.29) is 37.2 Å². The number of ether oxygens (including phenoxy) is 4. The predicted octanol–water partition coefficient (Wildman–Crippen LogP) is 4.73. The summed E-state index contributed by atoms with van der Waals surface area (Å²) < 4.78 is 22.1. The van der Waals surface area contributed by atoms with Gasteiger partial charge >= 0.3 is 0 Å². The van der Waals surface area contributed by atoms with Gasteiger partial charge in [-0.3, -0.25) is 9.59 Å². The molecule has 1 aliphatic rings. The quantitative estimate of drug-likeness (QED) is 0.382. The van der Waals surface area contributed by atoms with Crippen molar-refractivity contribution in [2.45, 2.75) is 46.7 Å². The number of rotatable bonds is 10. The lowest BCUT2D eigenvalue weighted by Crippen LogP contribution is -2.44.